The van der Waals surface area contributed by atoms with Gasteiger partial charge in [-0.05, 0) is 12.1 Å². The molecule has 82 valence electrons. The Morgan fingerprint density at radius 2 is 2.40 bits per heavy atom. The van der Waals surface area contributed by atoms with Crippen LogP contribution in [-0.2, 0) is 4.74 Å². The van der Waals surface area contributed by atoms with Crippen molar-refractivity contribution >= 4 is 0 Å². The third kappa shape index (κ3) is 1.94. The highest BCUT2D eigenvalue weighted by atomic mass is 16.5. The minimum absolute atomic E-state index is 0.215. The predicted octanol–water partition coefficient (Wildman–Crippen LogP) is -0.442. The minimum Gasteiger partial charge on any atom is -0.394 e. The van der Waals surface area contributed by atoms with E-state index in [4.69, 9.17) is 9.84 Å². The number of hydrogen-bond donors (Lipinski definition) is 3. The lowest BCUT2D eigenvalue weighted by molar-refractivity contribution is -0.0228. The number of aliphatic hydroxyl groups excluding tert-OH is 2. The first-order valence-electron chi connectivity index (χ1n) is 4.84. The first-order valence-corrected chi connectivity index (χ1v) is 4.84. The predicted molar refractivity (Wildman–Crippen MR) is 52.4 cm³/mol. The van der Waals surface area contributed by atoms with Crippen LogP contribution in [0.1, 0.15) is 18.1 Å². The van der Waals surface area contributed by atoms with E-state index in [0.29, 0.717) is 12.0 Å². The van der Waals surface area contributed by atoms with Crippen molar-refractivity contribution in [1.82, 2.24) is 4.98 Å². The molecule has 0 amide bonds. The van der Waals surface area contributed by atoms with Crippen molar-refractivity contribution in [1.29, 1.82) is 0 Å². The zero-order valence-electron chi connectivity index (χ0n) is 8.09. The lowest BCUT2D eigenvalue weighted by atomic mass is 10.1. The van der Waals surface area contributed by atoms with Gasteiger partial charge in [0.05, 0.1) is 18.8 Å². The van der Waals surface area contributed by atoms with Crippen LogP contribution in [0.2, 0.25) is 0 Å². The minimum atomic E-state index is -0.709. The Morgan fingerprint density at radius 3 is 3.00 bits per heavy atom. The molecule has 0 radical (unpaired) electrons. The summed E-state index contributed by atoms with van der Waals surface area (Å²) in [6, 6.07) is 3.37. The van der Waals surface area contributed by atoms with Crippen LogP contribution in [0, 0.1) is 0 Å². The standard InChI is InChI=1S/C10H13NO4/c12-5-9-7(13)4-8(15-9)6-2-1-3-11-10(6)14/h1-3,7-9,12-13H,4-5H2,(H,11,14)/t7-,8-,9-/m1/s1. The van der Waals surface area contributed by atoms with E-state index < -0.39 is 18.3 Å². The van der Waals surface area contributed by atoms with Crippen LogP contribution < -0.4 is 5.56 Å². The van der Waals surface area contributed by atoms with Crippen LogP contribution in [0.15, 0.2) is 23.1 Å². The second kappa shape index (κ2) is 4.14. The number of aromatic nitrogens is 1. The summed E-state index contributed by atoms with van der Waals surface area (Å²) in [6.45, 7) is -0.234. The molecule has 3 atom stereocenters. The average Bonchev–Trinajstić information content (AvgIpc) is 2.60. The van der Waals surface area contributed by atoms with Gasteiger partial charge in [0.1, 0.15) is 6.10 Å². The van der Waals surface area contributed by atoms with Gasteiger partial charge in [-0.2, -0.15) is 0 Å². The molecular formula is C10H13NO4. The third-order valence-electron chi connectivity index (χ3n) is 2.60. The zero-order valence-corrected chi connectivity index (χ0v) is 8.09. The maximum absolute atomic E-state index is 11.4. The van der Waals surface area contributed by atoms with Gasteiger partial charge in [0, 0.05) is 18.2 Å². The average molecular weight is 211 g/mol. The highest BCUT2D eigenvalue weighted by Gasteiger charge is 2.35. The van der Waals surface area contributed by atoms with Gasteiger partial charge in [-0.25, -0.2) is 0 Å². The van der Waals surface area contributed by atoms with Crippen LogP contribution in [-0.4, -0.2) is 34.0 Å². The molecule has 0 saturated carbocycles. The molecule has 1 aromatic rings. The van der Waals surface area contributed by atoms with Crippen molar-refractivity contribution in [3.63, 3.8) is 0 Å². The first-order chi connectivity index (χ1) is 7.22. The molecule has 0 bridgehead atoms. The number of pyridine rings is 1. The molecule has 0 aliphatic carbocycles. The van der Waals surface area contributed by atoms with Gasteiger partial charge in [0.2, 0.25) is 0 Å². The van der Waals surface area contributed by atoms with E-state index in [1.165, 1.54) is 0 Å². The molecule has 3 N–H and O–H groups in total. The maximum Gasteiger partial charge on any atom is 0.253 e. The van der Waals surface area contributed by atoms with Crippen LogP contribution in [0.3, 0.4) is 0 Å². The quantitative estimate of drug-likeness (QED) is 0.619. The SMILES string of the molecule is O=c1[nH]cccc1[C@H]1C[C@@H](O)[C@@H](CO)O1. The number of H-pyrrole nitrogens is 1. The number of aliphatic hydroxyl groups is 2. The molecular weight excluding hydrogens is 198 g/mol. The van der Waals surface area contributed by atoms with Gasteiger partial charge in [-0.15, -0.1) is 0 Å². The summed E-state index contributed by atoms with van der Waals surface area (Å²) >= 11 is 0. The fourth-order valence-electron chi connectivity index (χ4n) is 1.78. The smallest absolute Gasteiger partial charge is 0.253 e. The van der Waals surface area contributed by atoms with E-state index in [1.807, 2.05) is 0 Å². The van der Waals surface area contributed by atoms with Crippen molar-refractivity contribution in [3.05, 3.63) is 34.2 Å². The summed E-state index contributed by atoms with van der Waals surface area (Å²) in [6.07, 6.45) is 0.162. The van der Waals surface area contributed by atoms with Crippen LogP contribution in [0.5, 0.6) is 0 Å². The molecule has 0 aromatic carbocycles. The zero-order chi connectivity index (χ0) is 10.8. The summed E-state index contributed by atoms with van der Waals surface area (Å²) in [5.41, 5.74) is 0.279. The van der Waals surface area contributed by atoms with E-state index >= 15 is 0 Å². The summed E-state index contributed by atoms with van der Waals surface area (Å²) in [7, 11) is 0. The van der Waals surface area contributed by atoms with E-state index in [1.54, 1.807) is 18.3 Å². The Labute approximate surface area is 86.3 Å². The van der Waals surface area contributed by atoms with Crippen molar-refractivity contribution in [2.45, 2.75) is 24.7 Å². The molecule has 2 heterocycles. The Hall–Kier alpha value is -1.17. The second-order valence-electron chi connectivity index (χ2n) is 3.60. The Kier molecular flexibility index (Phi) is 2.86. The van der Waals surface area contributed by atoms with E-state index in [9.17, 15) is 9.90 Å². The summed E-state index contributed by atoms with van der Waals surface area (Å²) in [4.78, 5) is 14.0. The second-order valence-corrected chi connectivity index (χ2v) is 3.60. The van der Waals surface area contributed by atoms with E-state index in [-0.39, 0.29) is 12.2 Å². The first kappa shape index (κ1) is 10.4. The number of rotatable bonds is 2. The van der Waals surface area contributed by atoms with Gasteiger partial charge in [-0.3, -0.25) is 4.79 Å². The molecule has 1 aliphatic rings. The summed E-state index contributed by atoms with van der Waals surface area (Å²) in [5, 5.41) is 18.4. The lowest BCUT2D eigenvalue weighted by Crippen LogP contribution is -2.24. The molecule has 15 heavy (non-hydrogen) atoms. The number of hydrogen-bond acceptors (Lipinski definition) is 4. The Bertz CT molecular complexity index is 389. The molecule has 5 heteroatoms. The number of aromatic amines is 1. The van der Waals surface area contributed by atoms with Gasteiger partial charge in [-0.1, -0.05) is 0 Å². The number of ether oxygens (including phenoxy) is 1. The van der Waals surface area contributed by atoms with Crippen LogP contribution >= 0.6 is 0 Å². The van der Waals surface area contributed by atoms with Crippen molar-refractivity contribution in [2.75, 3.05) is 6.61 Å². The van der Waals surface area contributed by atoms with Crippen LogP contribution in [0.25, 0.3) is 0 Å². The molecule has 1 saturated heterocycles. The van der Waals surface area contributed by atoms with Crippen molar-refractivity contribution in [3.8, 4) is 0 Å². The van der Waals surface area contributed by atoms with Crippen molar-refractivity contribution in [2.24, 2.45) is 0 Å². The molecule has 1 fully saturated rings. The van der Waals surface area contributed by atoms with Crippen LogP contribution in [0.4, 0.5) is 0 Å². The monoisotopic (exact) mass is 211 g/mol. The largest absolute Gasteiger partial charge is 0.394 e. The van der Waals surface area contributed by atoms with Gasteiger partial charge in [0.15, 0.2) is 0 Å². The van der Waals surface area contributed by atoms with Crippen molar-refractivity contribution < 1.29 is 14.9 Å². The third-order valence-corrected chi connectivity index (χ3v) is 2.60. The fraction of sp³-hybridized carbons (Fsp3) is 0.500. The van der Waals surface area contributed by atoms with Gasteiger partial charge in [0.25, 0.3) is 5.56 Å². The highest BCUT2D eigenvalue weighted by molar-refractivity contribution is 5.14. The Morgan fingerprint density at radius 1 is 1.60 bits per heavy atom. The molecule has 1 aromatic heterocycles. The maximum atomic E-state index is 11.4. The summed E-state index contributed by atoms with van der Waals surface area (Å²) in [5.74, 6) is 0. The molecule has 0 unspecified atom stereocenters. The van der Waals surface area contributed by atoms with Gasteiger partial charge >= 0.3 is 0 Å². The van der Waals surface area contributed by atoms with Gasteiger partial charge < -0.3 is 19.9 Å². The normalized spacial score (nSPS) is 30.7. The van der Waals surface area contributed by atoms with E-state index in [0.717, 1.165) is 0 Å². The topological polar surface area (TPSA) is 82.6 Å². The molecule has 1 aliphatic heterocycles. The molecule has 2 rings (SSSR count). The summed E-state index contributed by atoms with van der Waals surface area (Å²) < 4.78 is 5.37. The molecule has 5 nitrogen and oxygen atoms in total. The lowest BCUT2D eigenvalue weighted by Gasteiger charge is -2.11. The number of nitrogens with one attached hydrogen (secondary N) is 1. The highest BCUT2D eigenvalue weighted by Crippen LogP contribution is 2.30. The fourth-order valence-corrected chi connectivity index (χ4v) is 1.78. The Balaban J connectivity index is 2.21. The molecule has 0 spiro atoms. The van der Waals surface area contributed by atoms with E-state index in [2.05, 4.69) is 4.98 Å².